The lowest BCUT2D eigenvalue weighted by Crippen LogP contribution is -1.98. The van der Waals surface area contributed by atoms with E-state index in [2.05, 4.69) is 35.0 Å². The second-order valence-electron chi connectivity index (χ2n) is 4.35. The summed E-state index contributed by atoms with van der Waals surface area (Å²) < 4.78 is 13.1. The Kier molecular flexibility index (Phi) is 4.77. The summed E-state index contributed by atoms with van der Waals surface area (Å²) in [5, 5.41) is 0. The van der Waals surface area contributed by atoms with Crippen molar-refractivity contribution in [2.24, 2.45) is 0 Å². The van der Waals surface area contributed by atoms with Crippen LogP contribution < -0.4 is 5.73 Å². The average molecular weight is 338 g/mol. The third-order valence-corrected chi connectivity index (χ3v) is 5.29. The van der Waals surface area contributed by atoms with Crippen LogP contribution in [0.1, 0.15) is 18.1 Å². The van der Waals surface area contributed by atoms with Gasteiger partial charge in [0.15, 0.2) is 0 Å². The molecule has 4 heteroatoms. The zero-order valence-corrected chi connectivity index (χ0v) is 13.1. The Morgan fingerprint density at radius 1 is 1.11 bits per heavy atom. The van der Waals surface area contributed by atoms with Gasteiger partial charge in [0.2, 0.25) is 0 Å². The normalized spacial score (nSPS) is 12.3. The van der Waals surface area contributed by atoms with Crippen LogP contribution in [-0.2, 0) is 23.0 Å². The maximum Gasteiger partial charge on any atom is 0.0585 e. The molecule has 1 atom stereocenters. The summed E-state index contributed by atoms with van der Waals surface area (Å²) in [6.07, 6.45) is 1.02. The molecule has 0 heterocycles. The van der Waals surface area contributed by atoms with Crippen LogP contribution in [0.3, 0.4) is 0 Å². The number of nitrogen functional groups attached to an aromatic ring is 1. The SMILES string of the molecule is CCc1ccc(CS(=O)c2ccc(N)cc2Br)cc1. The van der Waals surface area contributed by atoms with Crippen LogP contribution in [0.5, 0.6) is 0 Å². The van der Waals surface area contributed by atoms with E-state index in [1.165, 1.54) is 5.56 Å². The standard InChI is InChI=1S/C15H16BrNOS/c1-2-11-3-5-12(6-4-11)10-19(18)15-8-7-13(17)9-14(15)16/h3-9H,2,10,17H2,1H3. The number of halogens is 1. The number of nitrogens with two attached hydrogens (primary N) is 1. The fourth-order valence-corrected chi connectivity index (χ4v) is 3.89. The van der Waals surface area contributed by atoms with E-state index in [0.29, 0.717) is 11.4 Å². The molecular weight excluding hydrogens is 322 g/mol. The molecule has 0 fully saturated rings. The highest BCUT2D eigenvalue weighted by Crippen LogP contribution is 2.24. The minimum atomic E-state index is -1.07. The molecule has 0 radical (unpaired) electrons. The lowest BCUT2D eigenvalue weighted by Gasteiger charge is -2.06. The maximum atomic E-state index is 12.3. The summed E-state index contributed by atoms with van der Waals surface area (Å²) in [5.74, 6) is 0.520. The van der Waals surface area contributed by atoms with Crippen LogP contribution >= 0.6 is 15.9 Å². The van der Waals surface area contributed by atoms with Crippen LogP contribution in [0.2, 0.25) is 0 Å². The molecule has 0 aliphatic carbocycles. The van der Waals surface area contributed by atoms with Crippen molar-refractivity contribution in [1.29, 1.82) is 0 Å². The molecular formula is C15H16BrNOS. The van der Waals surface area contributed by atoms with Crippen LogP contribution in [0, 0.1) is 0 Å². The molecule has 2 nitrogen and oxygen atoms in total. The van der Waals surface area contributed by atoms with Gasteiger partial charge in [0.1, 0.15) is 0 Å². The van der Waals surface area contributed by atoms with E-state index in [0.717, 1.165) is 21.4 Å². The smallest absolute Gasteiger partial charge is 0.0585 e. The third kappa shape index (κ3) is 3.67. The zero-order chi connectivity index (χ0) is 13.8. The molecule has 0 spiro atoms. The first-order chi connectivity index (χ1) is 9.10. The van der Waals surface area contributed by atoms with Gasteiger partial charge in [0.25, 0.3) is 0 Å². The maximum absolute atomic E-state index is 12.3. The fraction of sp³-hybridized carbons (Fsp3) is 0.200. The highest BCUT2D eigenvalue weighted by Gasteiger charge is 2.09. The van der Waals surface area contributed by atoms with E-state index in [1.54, 1.807) is 12.1 Å². The molecule has 0 saturated carbocycles. The lowest BCUT2D eigenvalue weighted by atomic mass is 10.1. The van der Waals surface area contributed by atoms with Crippen molar-refractivity contribution in [3.8, 4) is 0 Å². The van der Waals surface area contributed by atoms with E-state index in [1.807, 2.05) is 18.2 Å². The van der Waals surface area contributed by atoms with Crippen molar-refractivity contribution in [3.63, 3.8) is 0 Å². The lowest BCUT2D eigenvalue weighted by molar-refractivity contribution is 0.682. The molecule has 1 unspecified atom stereocenters. The summed E-state index contributed by atoms with van der Waals surface area (Å²) >= 11 is 3.41. The first-order valence-electron chi connectivity index (χ1n) is 6.11. The van der Waals surface area contributed by atoms with Crippen molar-refractivity contribution in [2.75, 3.05) is 5.73 Å². The summed E-state index contributed by atoms with van der Waals surface area (Å²) in [7, 11) is -1.07. The zero-order valence-electron chi connectivity index (χ0n) is 10.7. The molecule has 0 aliphatic rings. The second-order valence-corrected chi connectivity index (χ2v) is 6.62. The van der Waals surface area contributed by atoms with E-state index >= 15 is 0 Å². The van der Waals surface area contributed by atoms with Crippen LogP contribution in [-0.4, -0.2) is 4.21 Å². The highest BCUT2D eigenvalue weighted by atomic mass is 79.9. The van der Waals surface area contributed by atoms with Gasteiger partial charge in [-0.15, -0.1) is 0 Å². The largest absolute Gasteiger partial charge is 0.399 e. The summed E-state index contributed by atoms with van der Waals surface area (Å²) in [5.41, 5.74) is 8.73. The Hall–Kier alpha value is -1.13. The van der Waals surface area contributed by atoms with E-state index in [9.17, 15) is 4.21 Å². The van der Waals surface area contributed by atoms with Crippen molar-refractivity contribution >= 4 is 32.4 Å². The summed E-state index contributed by atoms with van der Waals surface area (Å²) in [6.45, 7) is 2.12. The van der Waals surface area contributed by atoms with E-state index in [-0.39, 0.29) is 0 Å². The minimum absolute atomic E-state index is 0.520. The Bertz CT molecular complexity index is 596. The number of hydrogen-bond acceptors (Lipinski definition) is 2. The van der Waals surface area contributed by atoms with Crippen LogP contribution in [0.25, 0.3) is 0 Å². The second kappa shape index (κ2) is 6.35. The highest BCUT2D eigenvalue weighted by molar-refractivity contribution is 9.10. The Labute approximate surface area is 124 Å². The van der Waals surface area contributed by atoms with Crippen molar-refractivity contribution in [3.05, 3.63) is 58.1 Å². The van der Waals surface area contributed by atoms with Gasteiger partial charge in [0.05, 0.1) is 21.4 Å². The van der Waals surface area contributed by atoms with E-state index in [4.69, 9.17) is 5.73 Å². The number of rotatable bonds is 4. The van der Waals surface area contributed by atoms with Gasteiger partial charge in [-0.2, -0.15) is 0 Å². The fourth-order valence-electron chi connectivity index (χ4n) is 1.80. The third-order valence-electron chi connectivity index (χ3n) is 2.93. The van der Waals surface area contributed by atoms with Crippen LogP contribution in [0.4, 0.5) is 5.69 Å². The minimum Gasteiger partial charge on any atom is -0.399 e. The number of anilines is 1. The van der Waals surface area contributed by atoms with Gasteiger partial charge >= 0.3 is 0 Å². The summed E-state index contributed by atoms with van der Waals surface area (Å²) in [4.78, 5) is 0.786. The number of benzene rings is 2. The molecule has 100 valence electrons. The molecule has 0 aliphatic heterocycles. The predicted molar refractivity (Wildman–Crippen MR) is 84.5 cm³/mol. The molecule has 0 saturated heterocycles. The number of hydrogen-bond donors (Lipinski definition) is 1. The molecule has 2 rings (SSSR count). The first-order valence-corrected chi connectivity index (χ1v) is 8.22. The Morgan fingerprint density at radius 3 is 2.32 bits per heavy atom. The van der Waals surface area contributed by atoms with E-state index < -0.39 is 10.8 Å². The average Bonchev–Trinajstić information content (AvgIpc) is 2.39. The molecule has 0 amide bonds. The molecule has 0 bridgehead atoms. The predicted octanol–water partition coefficient (Wildman–Crippen LogP) is 3.90. The van der Waals surface area contributed by atoms with Gasteiger partial charge in [0, 0.05) is 10.2 Å². The number of aryl methyl sites for hydroxylation is 1. The molecule has 2 aromatic rings. The van der Waals surface area contributed by atoms with Gasteiger partial charge in [-0.3, -0.25) is 4.21 Å². The molecule has 0 aromatic heterocycles. The quantitative estimate of drug-likeness (QED) is 0.859. The molecule has 19 heavy (non-hydrogen) atoms. The first kappa shape index (κ1) is 14.3. The Morgan fingerprint density at radius 2 is 1.74 bits per heavy atom. The van der Waals surface area contributed by atoms with Gasteiger partial charge in [-0.1, -0.05) is 31.2 Å². The molecule has 2 N–H and O–H groups in total. The van der Waals surface area contributed by atoms with Crippen LogP contribution in [0.15, 0.2) is 51.8 Å². The van der Waals surface area contributed by atoms with Crippen molar-refractivity contribution in [1.82, 2.24) is 0 Å². The van der Waals surface area contributed by atoms with Crippen molar-refractivity contribution < 1.29 is 4.21 Å². The van der Waals surface area contributed by atoms with Gasteiger partial charge < -0.3 is 5.73 Å². The topological polar surface area (TPSA) is 43.1 Å². The van der Waals surface area contributed by atoms with Gasteiger partial charge in [-0.05, 0) is 51.7 Å². The van der Waals surface area contributed by atoms with Crippen molar-refractivity contribution in [2.45, 2.75) is 24.0 Å². The molecule has 2 aromatic carbocycles. The van der Waals surface area contributed by atoms with Gasteiger partial charge in [-0.25, -0.2) is 0 Å². The summed E-state index contributed by atoms with van der Waals surface area (Å²) in [6, 6.07) is 13.6. The monoisotopic (exact) mass is 337 g/mol. The Balaban J connectivity index is 2.15.